The summed E-state index contributed by atoms with van der Waals surface area (Å²) in [4.78, 5) is 0. The normalized spacial score (nSPS) is 8.17. The highest BCUT2D eigenvalue weighted by molar-refractivity contribution is 14.1. The van der Waals surface area contributed by atoms with Crippen LogP contribution in [-0.2, 0) is 0 Å². The molecule has 0 atom stereocenters. The first kappa shape index (κ1) is 6.27. The first-order valence-corrected chi connectivity index (χ1v) is 3.20. The van der Waals surface area contributed by atoms with E-state index in [0.717, 1.165) is 4.43 Å². The fraction of sp³-hybridized carbons (Fsp3) is 0.500. The molecule has 36 valence electrons. The van der Waals surface area contributed by atoms with E-state index in [-0.39, 0.29) is 5.76 Å². The SMILES string of the molecule is C=C([O-])CCI. The van der Waals surface area contributed by atoms with Gasteiger partial charge in [0.15, 0.2) is 0 Å². The summed E-state index contributed by atoms with van der Waals surface area (Å²) >= 11 is 2.14. The lowest BCUT2D eigenvalue weighted by Gasteiger charge is -2.02. The molecule has 0 bridgehead atoms. The predicted octanol–water partition coefficient (Wildman–Crippen LogP) is 0.685. The summed E-state index contributed by atoms with van der Waals surface area (Å²) in [6.45, 7) is 3.18. The third-order valence-corrected chi connectivity index (χ3v) is 0.913. The number of hydrogen-bond donors (Lipinski definition) is 0. The van der Waals surface area contributed by atoms with E-state index >= 15 is 0 Å². The van der Waals surface area contributed by atoms with Gasteiger partial charge in [-0.25, -0.2) is 0 Å². The van der Waals surface area contributed by atoms with Crippen molar-refractivity contribution in [2.75, 3.05) is 4.43 Å². The lowest BCUT2D eigenvalue weighted by molar-refractivity contribution is -0.304. The average molecular weight is 197 g/mol. The molecule has 0 aromatic heterocycles. The summed E-state index contributed by atoms with van der Waals surface area (Å²) in [7, 11) is 0. The topological polar surface area (TPSA) is 23.1 Å². The Balaban J connectivity index is 2.83. The molecule has 0 radical (unpaired) electrons. The molecule has 0 N–H and O–H groups in total. The Bertz CT molecular complexity index is 51.5. The van der Waals surface area contributed by atoms with E-state index in [2.05, 4.69) is 29.2 Å². The van der Waals surface area contributed by atoms with Crippen molar-refractivity contribution in [2.45, 2.75) is 6.42 Å². The molecule has 0 unspecified atom stereocenters. The highest BCUT2D eigenvalue weighted by Crippen LogP contribution is 1.91. The maximum absolute atomic E-state index is 9.93. The highest BCUT2D eigenvalue weighted by Gasteiger charge is 1.70. The molecular formula is C4H6IO-. The molecule has 0 fully saturated rings. The fourth-order valence-electron chi connectivity index (χ4n) is 0.105. The minimum atomic E-state index is 0.0319. The predicted molar refractivity (Wildman–Crippen MR) is 32.6 cm³/mol. The Labute approximate surface area is 51.2 Å². The van der Waals surface area contributed by atoms with E-state index in [1.165, 1.54) is 0 Å². The summed E-state index contributed by atoms with van der Waals surface area (Å²) < 4.78 is 0.889. The Morgan fingerprint density at radius 2 is 2.33 bits per heavy atom. The molecule has 2 heteroatoms. The van der Waals surface area contributed by atoms with Gasteiger partial charge in [-0.3, -0.25) is 0 Å². The van der Waals surface area contributed by atoms with Gasteiger partial charge in [0, 0.05) is 4.43 Å². The van der Waals surface area contributed by atoms with Crippen molar-refractivity contribution in [1.29, 1.82) is 0 Å². The van der Waals surface area contributed by atoms with Crippen LogP contribution in [0, 0.1) is 0 Å². The van der Waals surface area contributed by atoms with Crippen LogP contribution < -0.4 is 5.11 Å². The molecule has 0 aromatic rings. The van der Waals surface area contributed by atoms with Gasteiger partial charge in [0.1, 0.15) is 0 Å². The lowest BCUT2D eigenvalue weighted by Crippen LogP contribution is -2.00. The fourth-order valence-corrected chi connectivity index (χ4v) is 0.707. The minimum Gasteiger partial charge on any atom is -0.876 e. The Hall–Kier alpha value is 0.270. The van der Waals surface area contributed by atoms with E-state index in [4.69, 9.17) is 0 Å². The number of alkyl halides is 1. The summed E-state index contributed by atoms with van der Waals surface area (Å²) in [5.41, 5.74) is 0. The summed E-state index contributed by atoms with van der Waals surface area (Å²) in [5.74, 6) is 0.0319. The second-order valence-corrected chi connectivity index (χ2v) is 2.06. The van der Waals surface area contributed by atoms with E-state index in [0.29, 0.717) is 6.42 Å². The molecule has 6 heavy (non-hydrogen) atoms. The van der Waals surface area contributed by atoms with Gasteiger partial charge in [-0.15, -0.1) is 12.3 Å². The molecular weight excluding hydrogens is 191 g/mol. The van der Waals surface area contributed by atoms with E-state index < -0.39 is 0 Å². The van der Waals surface area contributed by atoms with Crippen molar-refractivity contribution in [2.24, 2.45) is 0 Å². The van der Waals surface area contributed by atoms with E-state index in [9.17, 15) is 5.11 Å². The van der Waals surface area contributed by atoms with Crippen LogP contribution in [0.2, 0.25) is 0 Å². The summed E-state index contributed by atoms with van der Waals surface area (Å²) in [6, 6.07) is 0. The zero-order valence-corrected chi connectivity index (χ0v) is 5.57. The van der Waals surface area contributed by atoms with E-state index in [1.54, 1.807) is 0 Å². The van der Waals surface area contributed by atoms with Gasteiger partial charge in [0.25, 0.3) is 0 Å². The Kier molecular flexibility index (Phi) is 3.62. The molecule has 0 spiro atoms. The Morgan fingerprint density at radius 1 is 1.83 bits per heavy atom. The van der Waals surface area contributed by atoms with Crippen LogP contribution in [-0.4, -0.2) is 4.43 Å². The molecule has 0 saturated heterocycles. The zero-order chi connectivity index (χ0) is 4.99. The lowest BCUT2D eigenvalue weighted by atomic mass is 10.4. The molecule has 0 amide bonds. The second kappa shape index (κ2) is 3.46. The van der Waals surface area contributed by atoms with Crippen molar-refractivity contribution in [3.05, 3.63) is 12.3 Å². The van der Waals surface area contributed by atoms with Crippen LogP contribution in [0.5, 0.6) is 0 Å². The minimum absolute atomic E-state index is 0.0319. The number of hydrogen-bond acceptors (Lipinski definition) is 1. The largest absolute Gasteiger partial charge is 0.876 e. The van der Waals surface area contributed by atoms with Crippen molar-refractivity contribution in [3.8, 4) is 0 Å². The van der Waals surface area contributed by atoms with Crippen LogP contribution in [0.3, 0.4) is 0 Å². The first-order chi connectivity index (χ1) is 2.77. The van der Waals surface area contributed by atoms with Gasteiger partial charge in [-0.05, 0) is 6.42 Å². The molecule has 0 aliphatic rings. The number of rotatable bonds is 2. The number of halogens is 1. The quantitative estimate of drug-likeness (QED) is 0.362. The summed E-state index contributed by atoms with van der Waals surface area (Å²) in [6.07, 6.45) is 0.612. The molecule has 1 nitrogen and oxygen atoms in total. The average Bonchev–Trinajstić information content (AvgIpc) is 1.35. The maximum atomic E-state index is 9.93. The van der Waals surface area contributed by atoms with Gasteiger partial charge < -0.3 is 5.11 Å². The summed E-state index contributed by atoms with van der Waals surface area (Å²) in [5, 5.41) is 9.93. The van der Waals surface area contributed by atoms with Crippen LogP contribution in [0.4, 0.5) is 0 Å². The first-order valence-electron chi connectivity index (χ1n) is 1.68. The standard InChI is InChI=1S/C4H7IO/c1-4(6)2-3-5/h6H,1-3H2/p-1. The smallest absolute Gasteiger partial charge is 0.00238 e. The molecule has 0 rings (SSSR count). The van der Waals surface area contributed by atoms with E-state index in [1.807, 2.05) is 0 Å². The third-order valence-electron chi connectivity index (χ3n) is 0.373. The van der Waals surface area contributed by atoms with Crippen molar-refractivity contribution in [3.63, 3.8) is 0 Å². The van der Waals surface area contributed by atoms with Crippen LogP contribution in [0.15, 0.2) is 12.3 Å². The van der Waals surface area contributed by atoms with Crippen molar-refractivity contribution in [1.82, 2.24) is 0 Å². The van der Waals surface area contributed by atoms with Crippen LogP contribution >= 0.6 is 22.6 Å². The van der Waals surface area contributed by atoms with Crippen LogP contribution in [0.25, 0.3) is 0 Å². The zero-order valence-electron chi connectivity index (χ0n) is 3.41. The number of allylic oxidation sites excluding steroid dienone is 1. The second-order valence-electron chi connectivity index (χ2n) is 0.978. The molecule has 0 heterocycles. The van der Waals surface area contributed by atoms with Gasteiger partial charge in [0.05, 0.1) is 0 Å². The van der Waals surface area contributed by atoms with Crippen molar-refractivity contribution < 1.29 is 5.11 Å². The van der Waals surface area contributed by atoms with Crippen molar-refractivity contribution >= 4 is 22.6 Å². The highest BCUT2D eigenvalue weighted by atomic mass is 127. The third kappa shape index (κ3) is 4.27. The van der Waals surface area contributed by atoms with Gasteiger partial charge in [-0.1, -0.05) is 22.6 Å². The molecule has 0 aliphatic heterocycles. The molecule has 0 aromatic carbocycles. The van der Waals surface area contributed by atoms with Gasteiger partial charge in [-0.2, -0.15) is 0 Å². The van der Waals surface area contributed by atoms with Gasteiger partial charge >= 0.3 is 0 Å². The Morgan fingerprint density at radius 3 is 2.33 bits per heavy atom. The maximum Gasteiger partial charge on any atom is 0.00238 e. The molecule has 0 aliphatic carbocycles. The van der Waals surface area contributed by atoms with Crippen LogP contribution in [0.1, 0.15) is 6.42 Å². The van der Waals surface area contributed by atoms with Gasteiger partial charge in [0.2, 0.25) is 0 Å². The monoisotopic (exact) mass is 197 g/mol. The molecule has 0 saturated carbocycles.